The van der Waals surface area contributed by atoms with Crippen molar-refractivity contribution in [1.29, 1.82) is 0 Å². The molecule has 0 saturated heterocycles. The van der Waals surface area contributed by atoms with Crippen LogP contribution in [-0.4, -0.2) is 23.5 Å². The molecule has 2 aromatic carbocycles. The van der Waals surface area contributed by atoms with Gasteiger partial charge in [0.15, 0.2) is 0 Å². The van der Waals surface area contributed by atoms with Gasteiger partial charge in [0, 0.05) is 10.6 Å². The van der Waals surface area contributed by atoms with Crippen molar-refractivity contribution >= 4 is 29.1 Å². The molecule has 2 N–H and O–H groups in total. The van der Waals surface area contributed by atoms with Gasteiger partial charge in [-0.3, -0.25) is 4.79 Å². The van der Waals surface area contributed by atoms with Crippen molar-refractivity contribution in [2.45, 2.75) is 12.0 Å². The molecule has 25 heavy (non-hydrogen) atoms. The minimum absolute atomic E-state index is 0.0285. The van der Waals surface area contributed by atoms with Crippen LogP contribution < -0.4 is 5.32 Å². The molecule has 2 rings (SSSR count). The van der Waals surface area contributed by atoms with Crippen LogP contribution in [0.4, 0.5) is 17.6 Å². The van der Waals surface area contributed by atoms with Crippen molar-refractivity contribution < 1.29 is 27.5 Å². The van der Waals surface area contributed by atoms with Crippen molar-refractivity contribution in [1.82, 2.24) is 5.32 Å². The molecular weight excluding hydrogens is 385 g/mol. The summed E-state index contributed by atoms with van der Waals surface area (Å²) in [5.74, 6) is -7.23. The molecule has 0 spiro atoms. The summed E-state index contributed by atoms with van der Waals surface area (Å²) in [5.41, 5.74) is -1.29. The zero-order valence-electron chi connectivity index (χ0n) is 12.4. The first-order valence-corrected chi connectivity index (χ1v) is 7.62. The first-order valence-electron chi connectivity index (χ1n) is 6.86. The summed E-state index contributed by atoms with van der Waals surface area (Å²) in [6.07, 6.45) is -2.54. The van der Waals surface area contributed by atoms with Gasteiger partial charge in [-0.25, -0.2) is 17.6 Å². The SMILES string of the molecule is O=C(NCC(F)(F)C(O)c1ccc(Cl)cc1F)c1c(F)cccc1Cl. The maximum absolute atomic E-state index is 14.1. The molecule has 134 valence electrons. The number of carbonyl (C=O) groups excluding carboxylic acids is 1. The first kappa shape index (κ1) is 19.5. The van der Waals surface area contributed by atoms with E-state index >= 15 is 0 Å². The number of halogens is 6. The second-order valence-electron chi connectivity index (χ2n) is 5.11. The summed E-state index contributed by atoms with van der Waals surface area (Å²) in [6.45, 7) is -1.36. The van der Waals surface area contributed by atoms with Crippen LogP contribution in [0.5, 0.6) is 0 Å². The van der Waals surface area contributed by atoms with E-state index in [2.05, 4.69) is 0 Å². The summed E-state index contributed by atoms with van der Waals surface area (Å²) >= 11 is 11.2. The van der Waals surface area contributed by atoms with Gasteiger partial charge in [-0.05, 0) is 24.3 Å². The summed E-state index contributed by atoms with van der Waals surface area (Å²) in [7, 11) is 0. The zero-order valence-corrected chi connectivity index (χ0v) is 13.9. The molecule has 0 saturated carbocycles. The lowest BCUT2D eigenvalue weighted by Gasteiger charge is -2.23. The highest BCUT2D eigenvalue weighted by Gasteiger charge is 2.41. The lowest BCUT2D eigenvalue weighted by atomic mass is 10.0. The van der Waals surface area contributed by atoms with E-state index in [1.54, 1.807) is 5.32 Å². The van der Waals surface area contributed by atoms with Crippen LogP contribution in [0.1, 0.15) is 22.0 Å². The van der Waals surface area contributed by atoms with E-state index in [9.17, 15) is 27.5 Å². The number of hydrogen-bond acceptors (Lipinski definition) is 2. The predicted molar refractivity (Wildman–Crippen MR) is 85.1 cm³/mol. The molecule has 1 amide bonds. The largest absolute Gasteiger partial charge is 0.382 e. The normalized spacial score (nSPS) is 12.8. The number of nitrogens with one attached hydrogen (secondary N) is 1. The summed E-state index contributed by atoms with van der Waals surface area (Å²) in [6, 6.07) is 6.22. The highest BCUT2D eigenvalue weighted by Crippen LogP contribution is 2.33. The minimum atomic E-state index is -3.93. The Balaban J connectivity index is 2.14. The number of aliphatic hydroxyl groups is 1. The van der Waals surface area contributed by atoms with Crippen LogP contribution in [0.15, 0.2) is 36.4 Å². The van der Waals surface area contributed by atoms with Gasteiger partial charge in [0.25, 0.3) is 11.8 Å². The van der Waals surface area contributed by atoms with Crippen LogP contribution >= 0.6 is 23.2 Å². The average Bonchev–Trinajstić information content (AvgIpc) is 2.52. The number of rotatable bonds is 5. The lowest BCUT2D eigenvalue weighted by Crippen LogP contribution is -2.41. The van der Waals surface area contributed by atoms with Crippen LogP contribution in [0.3, 0.4) is 0 Å². The maximum Gasteiger partial charge on any atom is 0.294 e. The Bertz CT molecular complexity index is 781. The Kier molecular flexibility index (Phi) is 5.92. The van der Waals surface area contributed by atoms with Crippen molar-refractivity contribution in [2.24, 2.45) is 0 Å². The molecule has 9 heteroatoms. The molecule has 0 aliphatic carbocycles. The van der Waals surface area contributed by atoms with E-state index in [1.807, 2.05) is 0 Å². The minimum Gasteiger partial charge on any atom is -0.382 e. The molecule has 0 bridgehead atoms. The van der Waals surface area contributed by atoms with Gasteiger partial charge < -0.3 is 10.4 Å². The zero-order chi connectivity index (χ0) is 18.8. The quantitative estimate of drug-likeness (QED) is 0.738. The third kappa shape index (κ3) is 4.42. The van der Waals surface area contributed by atoms with E-state index in [-0.39, 0.29) is 10.0 Å². The first-order chi connectivity index (χ1) is 11.6. The molecule has 0 fully saturated rings. The number of aliphatic hydroxyl groups excluding tert-OH is 1. The number of amides is 1. The van der Waals surface area contributed by atoms with Crippen molar-refractivity contribution in [3.05, 3.63) is 69.2 Å². The Morgan fingerprint density at radius 2 is 1.84 bits per heavy atom. The van der Waals surface area contributed by atoms with Crippen LogP contribution in [-0.2, 0) is 0 Å². The number of hydrogen-bond donors (Lipinski definition) is 2. The highest BCUT2D eigenvalue weighted by molar-refractivity contribution is 6.33. The highest BCUT2D eigenvalue weighted by atomic mass is 35.5. The van der Waals surface area contributed by atoms with Crippen LogP contribution in [0.2, 0.25) is 10.0 Å². The fourth-order valence-electron chi connectivity index (χ4n) is 2.05. The van der Waals surface area contributed by atoms with Gasteiger partial charge in [-0.1, -0.05) is 35.3 Å². The lowest BCUT2D eigenvalue weighted by molar-refractivity contribution is -0.107. The Morgan fingerprint density at radius 1 is 1.16 bits per heavy atom. The molecular formula is C16H11Cl2F4NO2. The van der Waals surface area contributed by atoms with Crippen molar-refractivity contribution in [3.8, 4) is 0 Å². The van der Waals surface area contributed by atoms with E-state index in [4.69, 9.17) is 23.2 Å². The molecule has 0 aliphatic rings. The molecule has 0 radical (unpaired) electrons. The number of carbonyl (C=O) groups is 1. The standard InChI is InChI=1S/C16H11Cl2F4NO2/c17-8-4-5-9(12(20)6-8)14(24)16(21,22)7-23-15(25)13-10(18)2-1-3-11(13)19/h1-6,14,24H,7H2,(H,23,25). The topological polar surface area (TPSA) is 49.3 Å². The third-order valence-corrected chi connectivity index (χ3v) is 3.88. The maximum atomic E-state index is 14.1. The Labute approximate surface area is 150 Å². The van der Waals surface area contributed by atoms with E-state index in [1.165, 1.54) is 12.1 Å². The summed E-state index contributed by atoms with van der Waals surface area (Å²) in [4.78, 5) is 11.9. The van der Waals surface area contributed by atoms with Gasteiger partial charge in [-0.15, -0.1) is 0 Å². The van der Waals surface area contributed by atoms with Gasteiger partial charge in [0.05, 0.1) is 17.1 Å². The Morgan fingerprint density at radius 3 is 2.44 bits per heavy atom. The number of alkyl halides is 2. The van der Waals surface area contributed by atoms with Gasteiger partial charge in [0.1, 0.15) is 17.7 Å². The second-order valence-corrected chi connectivity index (χ2v) is 5.95. The fourth-order valence-corrected chi connectivity index (χ4v) is 2.46. The molecule has 1 atom stereocenters. The van der Waals surface area contributed by atoms with Crippen LogP contribution in [0, 0.1) is 11.6 Å². The van der Waals surface area contributed by atoms with E-state index < -0.39 is 47.2 Å². The third-order valence-electron chi connectivity index (χ3n) is 3.33. The van der Waals surface area contributed by atoms with Gasteiger partial charge in [0.2, 0.25) is 0 Å². The fraction of sp³-hybridized carbons (Fsp3) is 0.188. The number of benzene rings is 2. The molecule has 3 nitrogen and oxygen atoms in total. The monoisotopic (exact) mass is 395 g/mol. The van der Waals surface area contributed by atoms with E-state index in [0.29, 0.717) is 0 Å². The summed E-state index contributed by atoms with van der Waals surface area (Å²) < 4.78 is 55.4. The van der Waals surface area contributed by atoms with Gasteiger partial charge in [-0.2, -0.15) is 0 Å². The molecule has 0 heterocycles. The predicted octanol–water partition coefficient (Wildman–Crippen LogP) is 4.37. The van der Waals surface area contributed by atoms with Crippen molar-refractivity contribution in [3.63, 3.8) is 0 Å². The molecule has 1 unspecified atom stereocenters. The van der Waals surface area contributed by atoms with Gasteiger partial charge >= 0.3 is 0 Å². The average molecular weight is 396 g/mol. The molecule has 0 aromatic heterocycles. The second kappa shape index (κ2) is 7.59. The smallest absolute Gasteiger partial charge is 0.294 e. The molecule has 2 aromatic rings. The summed E-state index contributed by atoms with van der Waals surface area (Å²) in [5, 5.41) is 11.2. The van der Waals surface area contributed by atoms with E-state index in [0.717, 1.165) is 24.3 Å². The van der Waals surface area contributed by atoms with Crippen LogP contribution in [0.25, 0.3) is 0 Å². The molecule has 0 aliphatic heterocycles. The van der Waals surface area contributed by atoms with Crippen molar-refractivity contribution in [2.75, 3.05) is 6.54 Å². The Hall–Kier alpha value is -1.83.